The molecule has 0 atom stereocenters. The van der Waals surface area contributed by atoms with Crippen molar-refractivity contribution >= 4 is 40.6 Å². The van der Waals surface area contributed by atoms with E-state index >= 15 is 0 Å². The number of rotatable bonds is 4. The number of hydrogen-bond donors (Lipinski definition) is 1. The predicted molar refractivity (Wildman–Crippen MR) is 88.7 cm³/mol. The van der Waals surface area contributed by atoms with Gasteiger partial charge in [0.05, 0.1) is 8.47 Å². The zero-order chi connectivity index (χ0) is 16.5. The van der Waals surface area contributed by atoms with Crippen molar-refractivity contribution in [2.24, 2.45) is 0 Å². The molecule has 0 unspecified atom stereocenters. The lowest BCUT2D eigenvalue weighted by Crippen LogP contribution is -2.21. The first-order chi connectivity index (χ1) is 10.1. The molecule has 0 bridgehead atoms. The molecule has 6 nitrogen and oxygen atoms in total. The Morgan fingerprint density at radius 1 is 1.00 bits per heavy atom. The summed E-state index contributed by atoms with van der Waals surface area (Å²) >= 11 is 1.73. The van der Waals surface area contributed by atoms with Gasteiger partial charge in [-0.1, -0.05) is 23.8 Å². The van der Waals surface area contributed by atoms with E-state index in [1.165, 1.54) is 42.5 Å². The largest absolute Gasteiger partial charge is 0.504 e. The van der Waals surface area contributed by atoms with Crippen LogP contribution in [-0.2, 0) is 18.0 Å². The third kappa shape index (κ3) is 3.20. The number of aromatic hydroxyl groups is 1. The smallest absolute Gasteiger partial charge is 0.423 e. The van der Waals surface area contributed by atoms with E-state index in [1.807, 2.05) is 0 Å². The first-order valence-electron chi connectivity index (χ1n) is 5.89. The van der Waals surface area contributed by atoms with Crippen molar-refractivity contribution in [3.63, 3.8) is 0 Å². The van der Waals surface area contributed by atoms with E-state index in [0.29, 0.717) is 0 Å². The summed E-state index contributed by atoms with van der Waals surface area (Å²) in [6.45, 7) is 1.74. The fourth-order valence-corrected chi connectivity index (χ4v) is 4.98. The van der Waals surface area contributed by atoms with E-state index in [2.05, 4.69) is 4.18 Å². The summed E-state index contributed by atoms with van der Waals surface area (Å²) in [5, 5.41) is 9.64. The molecule has 0 aliphatic rings. The van der Waals surface area contributed by atoms with Gasteiger partial charge in [0.1, 0.15) is 0 Å². The van der Waals surface area contributed by atoms with Gasteiger partial charge >= 0.3 is 18.0 Å². The standard InChI is InChI=1S/C13H11IO6S2/c1-9-5-7-10(8-6-9)21(16,17)22(18,19)20-13-11(14)3-2-4-12(13)15/h2-8,15H,1H3. The maximum atomic E-state index is 12.2. The molecule has 2 aromatic carbocycles. The monoisotopic (exact) mass is 454 g/mol. The highest BCUT2D eigenvalue weighted by Crippen LogP contribution is 2.34. The van der Waals surface area contributed by atoms with Crippen molar-refractivity contribution in [3.8, 4) is 11.5 Å². The summed E-state index contributed by atoms with van der Waals surface area (Å²) in [4.78, 5) is -0.400. The van der Waals surface area contributed by atoms with Crippen LogP contribution in [0.15, 0.2) is 47.4 Å². The Labute approximate surface area is 141 Å². The van der Waals surface area contributed by atoms with Crippen LogP contribution in [0.25, 0.3) is 0 Å². The Morgan fingerprint density at radius 2 is 1.59 bits per heavy atom. The van der Waals surface area contributed by atoms with Crippen LogP contribution in [0.5, 0.6) is 11.5 Å². The third-order valence-corrected chi connectivity index (χ3v) is 7.71. The number of hydrogen-bond acceptors (Lipinski definition) is 6. The second-order valence-electron chi connectivity index (χ2n) is 4.35. The van der Waals surface area contributed by atoms with Crippen LogP contribution in [0.3, 0.4) is 0 Å². The molecule has 0 fully saturated rings. The van der Waals surface area contributed by atoms with Crippen molar-refractivity contribution in [3.05, 3.63) is 51.6 Å². The van der Waals surface area contributed by atoms with Crippen LogP contribution in [0.1, 0.15) is 5.56 Å². The topological polar surface area (TPSA) is 97.7 Å². The fourth-order valence-electron chi connectivity index (χ4n) is 1.55. The average Bonchev–Trinajstić information content (AvgIpc) is 2.43. The van der Waals surface area contributed by atoms with E-state index in [9.17, 15) is 21.9 Å². The molecule has 22 heavy (non-hydrogen) atoms. The molecule has 0 aliphatic heterocycles. The van der Waals surface area contributed by atoms with Crippen molar-refractivity contribution in [2.45, 2.75) is 11.8 Å². The number of phenols is 1. The molecule has 0 saturated carbocycles. The molecule has 0 radical (unpaired) electrons. The highest BCUT2D eigenvalue weighted by atomic mass is 127. The van der Waals surface area contributed by atoms with E-state index in [1.54, 1.807) is 29.5 Å². The molecule has 2 aromatic rings. The Hall–Kier alpha value is -1.33. The normalized spacial score (nSPS) is 12.1. The average molecular weight is 454 g/mol. The van der Waals surface area contributed by atoms with Crippen LogP contribution in [0.4, 0.5) is 0 Å². The van der Waals surface area contributed by atoms with Gasteiger partial charge in [0.15, 0.2) is 11.5 Å². The van der Waals surface area contributed by atoms with Gasteiger partial charge in [-0.3, -0.25) is 0 Å². The summed E-state index contributed by atoms with van der Waals surface area (Å²) in [5.41, 5.74) is 0.785. The summed E-state index contributed by atoms with van der Waals surface area (Å²) in [6, 6.07) is 9.47. The molecule has 9 heteroatoms. The summed E-state index contributed by atoms with van der Waals surface area (Å²) in [7, 11) is -9.77. The van der Waals surface area contributed by atoms with Crippen molar-refractivity contribution in [2.75, 3.05) is 0 Å². The van der Waals surface area contributed by atoms with Gasteiger partial charge in [-0.05, 0) is 53.8 Å². The molecule has 1 N–H and O–H groups in total. The highest BCUT2D eigenvalue weighted by Gasteiger charge is 2.35. The van der Waals surface area contributed by atoms with Crippen LogP contribution < -0.4 is 4.18 Å². The highest BCUT2D eigenvalue weighted by molar-refractivity contribution is 14.1. The number of para-hydroxylation sites is 1. The quantitative estimate of drug-likeness (QED) is 0.563. The summed E-state index contributed by atoms with van der Waals surface area (Å²) in [5.74, 6) is -0.881. The van der Waals surface area contributed by atoms with E-state index in [-0.39, 0.29) is 3.57 Å². The predicted octanol–water partition coefficient (Wildman–Crippen LogP) is 2.40. The second-order valence-corrected chi connectivity index (χ2v) is 10.4. The fraction of sp³-hybridized carbons (Fsp3) is 0.0769. The van der Waals surface area contributed by atoms with Crippen LogP contribution in [-0.4, -0.2) is 21.9 Å². The lowest BCUT2D eigenvalue weighted by molar-refractivity contribution is 0.431. The minimum atomic E-state index is -5.02. The molecule has 0 aliphatic carbocycles. The van der Waals surface area contributed by atoms with Crippen LogP contribution >= 0.6 is 22.6 Å². The molecule has 0 heterocycles. The number of phenolic OH excluding ortho intramolecular Hbond substituents is 1. The zero-order valence-corrected chi connectivity index (χ0v) is 15.0. The Bertz CT molecular complexity index is 882. The number of aryl methyl sites for hydroxylation is 1. The van der Waals surface area contributed by atoms with E-state index in [4.69, 9.17) is 0 Å². The minimum absolute atomic E-state index is 0.264. The van der Waals surface area contributed by atoms with Gasteiger partial charge in [-0.25, -0.2) is 8.42 Å². The van der Waals surface area contributed by atoms with Crippen molar-refractivity contribution < 1.29 is 26.1 Å². The van der Waals surface area contributed by atoms with Gasteiger partial charge in [0.2, 0.25) is 0 Å². The lowest BCUT2D eigenvalue weighted by atomic mass is 10.2. The van der Waals surface area contributed by atoms with E-state index in [0.717, 1.165) is 5.56 Å². The van der Waals surface area contributed by atoms with E-state index < -0.39 is 34.4 Å². The summed E-state index contributed by atoms with van der Waals surface area (Å²) < 4.78 is 53.5. The molecule has 0 aromatic heterocycles. The van der Waals surface area contributed by atoms with Crippen LogP contribution in [0.2, 0.25) is 0 Å². The molecule has 118 valence electrons. The maximum absolute atomic E-state index is 12.2. The maximum Gasteiger partial charge on any atom is 0.423 e. The zero-order valence-electron chi connectivity index (χ0n) is 11.2. The first-order valence-corrected chi connectivity index (χ1v) is 10.4. The minimum Gasteiger partial charge on any atom is -0.504 e. The number of benzene rings is 2. The summed E-state index contributed by atoms with van der Waals surface area (Å²) in [6.07, 6.45) is 0. The number of halogens is 1. The first kappa shape index (κ1) is 17.0. The Balaban J connectivity index is 2.48. The van der Waals surface area contributed by atoms with Gasteiger partial charge in [0, 0.05) is 0 Å². The molecule has 0 amide bonds. The molecule has 2 rings (SSSR count). The van der Waals surface area contributed by atoms with Gasteiger partial charge in [0.25, 0.3) is 0 Å². The second kappa shape index (κ2) is 6.05. The van der Waals surface area contributed by atoms with Crippen molar-refractivity contribution in [1.82, 2.24) is 0 Å². The molecule has 0 saturated heterocycles. The Morgan fingerprint density at radius 3 is 2.14 bits per heavy atom. The van der Waals surface area contributed by atoms with Gasteiger partial charge < -0.3 is 9.29 Å². The van der Waals surface area contributed by atoms with Gasteiger partial charge in [-0.2, -0.15) is 8.42 Å². The SMILES string of the molecule is Cc1ccc(S(=O)(=O)S(=O)(=O)Oc2c(O)cccc2I)cc1. The lowest BCUT2D eigenvalue weighted by Gasteiger charge is -2.10. The van der Waals surface area contributed by atoms with Gasteiger partial charge in [-0.15, -0.1) is 0 Å². The third-order valence-electron chi connectivity index (χ3n) is 2.71. The molecular weight excluding hydrogens is 443 g/mol. The Kier molecular flexibility index (Phi) is 4.68. The van der Waals surface area contributed by atoms with Crippen LogP contribution in [0, 0.1) is 10.5 Å². The molecular formula is C13H11IO6S2. The molecule has 0 spiro atoms. The van der Waals surface area contributed by atoms with Crippen molar-refractivity contribution in [1.29, 1.82) is 0 Å².